The number of aromatic nitrogens is 3. The number of methoxy groups -OCH3 is 1. The van der Waals surface area contributed by atoms with Crippen LogP contribution in [-0.2, 0) is 34.4 Å². The van der Waals surface area contributed by atoms with Crippen molar-refractivity contribution >= 4 is 63.1 Å². The number of fused-ring (bicyclic) bond motifs is 3. The van der Waals surface area contributed by atoms with E-state index in [4.69, 9.17) is 14.2 Å². The van der Waals surface area contributed by atoms with E-state index in [0.717, 1.165) is 62.1 Å². The molecule has 0 saturated heterocycles. The summed E-state index contributed by atoms with van der Waals surface area (Å²) in [5, 5.41) is 8.98. The molecule has 1 aliphatic heterocycles. The average molecular weight is 956 g/mol. The van der Waals surface area contributed by atoms with E-state index in [1.165, 1.54) is 37.5 Å². The fourth-order valence-electron chi connectivity index (χ4n) is 8.67. The molecule has 6 aromatic rings. The van der Waals surface area contributed by atoms with Crippen molar-refractivity contribution in [3.05, 3.63) is 117 Å². The van der Waals surface area contributed by atoms with Crippen LogP contribution >= 0.6 is 0 Å². The molecule has 1 aliphatic rings. The fraction of sp³-hybridized carbons (Fsp3) is 0.358. The van der Waals surface area contributed by atoms with E-state index in [1.807, 2.05) is 19.1 Å². The summed E-state index contributed by atoms with van der Waals surface area (Å²) in [7, 11) is 4.83. The van der Waals surface area contributed by atoms with Gasteiger partial charge in [0.05, 0.1) is 47.4 Å². The highest BCUT2D eigenvalue weighted by Crippen LogP contribution is 2.37. The number of aldehydes is 1. The number of carbonyl (C=O) groups is 5. The van der Waals surface area contributed by atoms with Crippen LogP contribution in [0.1, 0.15) is 109 Å². The predicted octanol–water partition coefficient (Wildman–Crippen LogP) is 8.73. The van der Waals surface area contributed by atoms with E-state index in [9.17, 15) is 28.8 Å². The Hall–Kier alpha value is -7.69. The molecule has 366 valence electrons. The number of rotatable bonds is 23. The van der Waals surface area contributed by atoms with Gasteiger partial charge >= 0.3 is 0 Å². The minimum absolute atomic E-state index is 0.0215. The van der Waals surface area contributed by atoms with E-state index in [-0.39, 0.29) is 60.0 Å². The Bertz CT molecular complexity index is 3010. The molecule has 1 atom stereocenters. The molecule has 0 fully saturated rings. The van der Waals surface area contributed by atoms with Crippen LogP contribution in [0.5, 0.6) is 23.1 Å². The largest absolute Gasteiger partial charge is 0.493 e. The van der Waals surface area contributed by atoms with Crippen molar-refractivity contribution in [1.29, 1.82) is 0 Å². The van der Waals surface area contributed by atoms with Crippen LogP contribution < -0.4 is 35.6 Å². The van der Waals surface area contributed by atoms with Gasteiger partial charge in [-0.15, -0.1) is 0 Å². The highest BCUT2D eigenvalue weighted by molar-refractivity contribution is 6.08. The van der Waals surface area contributed by atoms with Crippen molar-refractivity contribution in [1.82, 2.24) is 24.8 Å². The SMILES string of the molecule is CCc1ccc2c(c1)c(=O)c(C(=O)Nc1ccc(Oc3ncnc4cc(OCCCCCCCCCC(=O)Nc5cccc6c5C(=O)N(C(C=O)CCC(=O)NC)C6)c(OC)cc34)c(F)c1)c(C)n2C. The molecular weight excluding hydrogens is 898 g/mol. The number of carbonyl (C=O) groups excluding carboxylic acids is 5. The number of ether oxygens (including phenoxy) is 3. The van der Waals surface area contributed by atoms with Crippen molar-refractivity contribution < 1.29 is 42.6 Å². The molecule has 0 aliphatic carbocycles. The molecule has 0 bridgehead atoms. The zero-order valence-corrected chi connectivity index (χ0v) is 40.1. The van der Waals surface area contributed by atoms with Crippen LogP contribution in [0.4, 0.5) is 15.8 Å². The van der Waals surface area contributed by atoms with Gasteiger partial charge in [0.1, 0.15) is 18.2 Å². The van der Waals surface area contributed by atoms with Gasteiger partial charge in [-0.1, -0.05) is 57.2 Å². The molecule has 7 rings (SSSR count). The third-order valence-corrected chi connectivity index (χ3v) is 12.7. The second-order valence-corrected chi connectivity index (χ2v) is 17.3. The summed E-state index contributed by atoms with van der Waals surface area (Å²) in [6.07, 6.45) is 9.65. The monoisotopic (exact) mass is 955 g/mol. The maximum absolute atomic E-state index is 15.6. The Morgan fingerprint density at radius 2 is 1.63 bits per heavy atom. The lowest BCUT2D eigenvalue weighted by Gasteiger charge is -2.22. The maximum Gasteiger partial charge on any atom is 0.261 e. The number of aryl methyl sites for hydroxylation is 2. The summed E-state index contributed by atoms with van der Waals surface area (Å²) >= 11 is 0. The van der Waals surface area contributed by atoms with Gasteiger partial charge in [0.25, 0.3) is 11.8 Å². The van der Waals surface area contributed by atoms with Gasteiger partial charge < -0.3 is 44.4 Å². The van der Waals surface area contributed by atoms with Crippen LogP contribution in [0.25, 0.3) is 21.8 Å². The third-order valence-electron chi connectivity index (χ3n) is 12.7. The quantitative estimate of drug-likeness (QED) is 0.0410. The van der Waals surface area contributed by atoms with E-state index < -0.39 is 23.2 Å². The second kappa shape index (κ2) is 23.1. The van der Waals surface area contributed by atoms with Gasteiger partial charge in [-0.3, -0.25) is 24.0 Å². The number of nitrogens with one attached hydrogen (secondary N) is 3. The Balaban J connectivity index is 0.846. The lowest BCUT2D eigenvalue weighted by Crippen LogP contribution is -2.37. The molecule has 0 saturated carbocycles. The van der Waals surface area contributed by atoms with Gasteiger partial charge in [0, 0.05) is 62.4 Å². The first kappa shape index (κ1) is 50.2. The highest BCUT2D eigenvalue weighted by atomic mass is 19.1. The van der Waals surface area contributed by atoms with Crippen LogP contribution in [-0.4, -0.2) is 76.2 Å². The van der Waals surface area contributed by atoms with Crippen LogP contribution in [0.2, 0.25) is 0 Å². The smallest absolute Gasteiger partial charge is 0.261 e. The summed E-state index contributed by atoms with van der Waals surface area (Å²) in [5.74, 6) is -1.30. The highest BCUT2D eigenvalue weighted by Gasteiger charge is 2.35. The molecule has 0 radical (unpaired) electrons. The van der Waals surface area contributed by atoms with Crippen molar-refractivity contribution in [3.63, 3.8) is 0 Å². The molecule has 4 aromatic carbocycles. The van der Waals surface area contributed by atoms with Gasteiger partial charge in [0.15, 0.2) is 23.1 Å². The number of unbranched alkanes of at least 4 members (excludes halogenated alkanes) is 6. The molecule has 1 unspecified atom stereocenters. The summed E-state index contributed by atoms with van der Waals surface area (Å²) in [5.41, 5.74) is 3.92. The summed E-state index contributed by atoms with van der Waals surface area (Å²) in [4.78, 5) is 86.8. The minimum Gasteiger partial charge on any atom is -0.493 e. The zero-order valence-electron chi connectivity index (χ0n) is 40.1. The first-order valence-electron chi connectivity index (χ1n) is 23.6. The third kappa shape index (κ3) is 11.4. The van der Waals surface area contributed by atoms with Crippen molar-refractivity contribution in [3.8, 4) is 23.1 Å². The van der Waals surface area contributed by atoms with Gasteiger partial charge in [-0.2, -0.15) is 0 Å². The number of nitrogens with zero attached hydrogens (tertiary/aromatic N) is 4. The zero-order chi connectivity index (χ0) is 49.9. The summed E-state index contributed by atoms with van der Waals surface area (Å²) in [6, 6.07) is 17.5. The first-order valence-corrected chi connectivity index (χ1v) is 23.6. The molecule has 3 heterocycles. The van der Waals surface area contributed by atoms with Gasteiger partial charge in [-0.25, -0.2) is 14.4 Å². The second-order valence-electron chi connectivity index (χ2n) is 17.3. The molecule has 16 nitrogen and oxygen atoms in total. The van der Waals surface area contributed by atoms with Crippen LogP contribution in [0.3, 0.4) is 0 Å². The number of benzene rings is 4. The van der Waals surface area contributed by atoms with Gasteiger partial charge in [-0.05, 0) is 80.1 Å². The van der Waals surface area contributed by atoms with Crippen LogP contribution in [0, 0.1) is 12.7 Å². The molecule has 70 heavy (non-hydrogen) atoms. The first-order chi connectivity index (χ1) is 33.8. The minimum atomic E-state index is -0.765. The predicted molar refractivity (Wildman–Crippen MR) is 264 cm³/mol. The Kier molecular flexibility index (Phi) is 16.5. The lowest BCUT2D eigenvalue weighted by molar-refractivity contribution is -0.121. The van der Waals surface area contributed by atoms with E-state index in [0.29, 0.717) is 76.0 Å². The summed E-state index contributed by atoms with van der Waals surface area (Å²) < 4.78 is 35.0. The number of anilines is 2. The molecule has 2 aromatic heterocycles. The van der Waals surface area contributed by atoms with Crippen molar-refractivity contribution in [2.75, 3.05) is 31.4 Å². The Morgan fingerprint density at radius 3 is 2.36 bits per heavy atom. The lowest BCUT2D eigenvalue weighted by atomic mass is 10.0. The Morgan fingerprint density at radius 1 is 0.857 bits per heavy atom. The van der Waals surface area contributed by atoms with Crippen LogP contribution in [0.15, 0.2) is 77.9 Å². The Labute approximate surface area is 404 Å². The van der Waals surface area contributed by atoms with Gasteiger partial charge in [0.2, 0.25) is 23.1 Å². The number of hydrogen-bond acceptors (Lipinski definition) is 11. The number of pyridine rings is 1. The maximum atomic E-state index is 15.6. The fourth-order valence-corrected chi connectivity index (χ4v) is 8.67. The molecular formula is C53H58FN7O9. The normalized spacial score (nSPS) is 12.4. The standard InChI is InChI=1S/C53H58FN7O9/c1-6-33-18-21-42-38(25-33)50(65)48(32(2)60(42)4)51(66)58-35-19-22-43(39(54)26-35)70-52-37-27-44(68-5)45(28-41(37)56-31-57-52)69-24-13-11-9-7-8-10-12-17-47(64)59-40-16-14-15-34-29-61(53(67)49(34)40)36(30-62)20-23-46(63)55-3/h14-16,18-19,21-22,25-28,30-31,36H,6-13,17,20,23-24,29H2,1-5H3,(H,55,63)(H,58,66)(H,59,64). The van der Waals surface area contributed by atoms with E-state index in [1.54, 1.807) is 54.9 Å². The summed E-state index contributed by atoms with van der Waals surface area (Å²) in [6.45, 7) is 4.37. The van der Waals surface area contributed by atoms with E-state index in [2.05, 4.69) is 25.9 Å². The molecule has 0 spiro atoms. The van der Waals surface area contributed by atoms with Crippen molar-refractivity contribution in [2.45, 2.75) is 97.1 Å². The molecule has 3 N–H and O–H groups in total. The molecule has 17 heteroatoms. The number of hydrogen-bond donors (Lipinski definition) is 3. The average Bonchev–Trinajstić information content (AvgIpc) is 3.70. The number of amides is 4. The van der Waals surface area contributed by atoms with Crippen molar-refractivity contribution in [2.24, 2.45) is 7.05 Å². The van der Waals surface area contributed by atoms with E-state index >= 15 is 4.39 Å². The number of halogens is 1. The molecule has 4 amide bonds. The topological polar surface area (TPSA) is 200 Å².